The predicted octanol–water partition coefficient (Wildman–Crippen LogP) is 2.44. The van der Waals surface area contributed by atoms with Gasteiger partial charge in [0, 0.05) is 17.3 Å². The molecule has 0 aromatic heterocycles. The van der Waals surface area contributed by atoms with Gasteiger partial charge in [0.1, 0.15) is 0 Å². The van der Waals surface area contributed by atoms with Crippen molar-refractivity contribution in [3.8, 4) is 0 Å². The number of hydrogen-bond donors (Lipinski definition) is 1. The molecule has 0 aromatic carbocycles. The minimum atomic E-state index is 0.632. The molecule has 3 unspecified atom stereocenters. The van der Waals surface area contributed by atoms with Crippen LogP contribution in [0.2, 0.25) is 0 Å². The first-order valence-corrected chi connectivity index (χ1v) is 7.01. The maximum Gasteiger partial charge on any atom is 0.0282 e. The van der Waals surface area contributed by atoms with Gasteiger partial charge in [0.25, 0.3) is 0 Å². The maximum absolute atomic E-state index is 3.77. The highest BCUT2D eigenvalue weighted by Gasteiger charge is 2.45. The zero-order valence-electron chi connectivity index (χ0n) is 8.83. The van der Waals surface area contributed by atoms with E-state index in [9.17, 15) is 0 Å². The summed E-state index contributed by atoms with van der Waals surface area (Å²) < 4.78 is 0.632. The summed E-state index contributed by atoms with van der Waals surface area (Å²) in [5.41, 5.74) is 0. The Morgan fingerprint density at radius 2 is 2.36 bits per heavy atom. The molecule has 0 amide bonds. The average Bonchev–Trinajstić information content (AvgIpc) is 2.87. The van der Waals surface area contributed by atoms with Crippen molar-refractivity contribution in [2.24, 2.45) is 11.8 Å². The molecule has 0 heterocycles. The summed E-state index contributed by atoms with van der Waals surface area (Å²) in [7, 11) is 0. The average molecular weight is 209 g/mol. The Balaban J connectivity index is 1.48. The molecule has 78 valence electrons. The van der Waals surface area contributed by atoms with Crippen LogP contribution in [0.15, 0.2) is 12.2 Å². The van der Waals surface area contributed by atoms with Crippen LogP contribution < -0.4 is 5.32 Å². The van der Waals surface area contributed by atoms with E-state index in [1.54, 1.807) is 0 Å². The highest BCUT2D eigenvalue weighted by Crippen LogP contribution is 2.48. The van der Waals surface area contributed by atoms with Crippen LogP contribution in [-0.2, 0) is 0 Å². The number of hydrogen-bond acceptors (Lipinski definition) is 2. The molecule has 3 aliphatic carbocycles. The largest absolute Gasteiger partial charge is 0.312 e. The molecule has 2 fully saturated rings. The smallest absolute Gasteiger partial charge is 0.0282 e. The number of rotatable bonds is 4. The van der Waals surface area contributed by atoms with Crippen LogP contribution in [0, 0.1) is 11.8 Å². The van der Waals surface area contributed by atoms with Crippen LogP contribution in [0.3, 0.4) is 0 Å². The summed E-state index contributed by atoms with van der Waals surface area (Å²) in [5, 5.41) is 3.77. The minimum absolute atomic E-state index is 0.632. The molecule has 0 bridgehead atoms. The van der Waals surface area contributed by atoms with Gasteiger partial charge in [-0.25, -0.2) is 0 Å². The first kappa shape index (κ1) is 9.29. The van der Waals surface area contributed by atoms with Crippen molar-refractivity contribution in [2.45, 2.75) is 36.5 Å². The van der Waals surface area contributed by atoms with Gasteiger partial charge in [-0.1, -0.05) is 12.2 Å². The van der Waals surface area contributed by atoms with E-state index >= 15 is 0 Å². The first-order valence-electron chi connectivity index (χ1n) is 5.78. The third kappa shape index (κ3) is 1.43. The van der Waals surface area contributed by atoms with Gasteiger partial charge in [0.05, 0.1) is 0 Å². The molecule has 1 nitrogen and oxygen atoms in total. The van der Waals surface area contributed by atoms with Gasteiger partial charge in [-0.05, 0) is 43.8 Å². The van der Waals surface area contributed by atoms with Crippen molar-refractivity contribution in [3.63, 3.8) is 0 Å². The van der Waals surface area contributed by atoms with Crippen LogP contribution in [0.4, 0.5) is 0 Å². The molecular weight excluding hydrogens is 190 g/mol. The van der Waals surface area contributed by atoms with Crippen molar-refractivity contribution in [3.05, 3.63) is 12.2 Å². The van der Waals surface area contributed by atoms with Crippen LogP contribution in [0.1, 0.15) is 25.7 Å². The molecule has 0 saturated heterocycles. The number of fused-ring (bicyclic) bond motifs is 1. The highest BCUT2D eigenvalue weighted by molar-refractivity contribution is 8.00. The summed E-state index contributed by atoms with van der Waals surface area (Å²) in [6, 6.07) is 0.809. The lowest BCUT2D eigenvalue weighted by Gasteiger charge is -2.41. The van der Waals surface area contributed by atoms with E-state index in [2.05, 4.69) is 35.5 Å². The van der Waals surface area contributed by atoms with E-state index in [0.717, 1.165) is 17.9 Å². The molecular formula is C12H19NS. The normalized spacial score (nSPS) is 41.9. The second kappa shape index (κ2) is 3.28. The van der Waals surface area contributed by atoms with E-state index in [-0.39, 0.29) is 0 Å². The van der Waals surface area contributed by atoms with E-state index in [0.29, 0.717) is 4.75 Å². The summed E-state index contributed by atoms with van der Waals surface area (Å²) in [6.45, 7) is 1.25. The van der Waals surface area contributed by atoms with Gasteiger partial charge in [-0.2, -0.15) is 11.8 Å². The lowest BCUT2D eigenvalue weighted by atomic mass is 9.71. The first-order chi connectivity index (χ1) is 6.83. The topological polar surface area (TPSA) is 12.0 Å². The zero-order valence-corrected chi connectivity index (χ0v) is 9.65. The van der Waals surface area contributed by atoms with Crippen LogP contribution in [-0.4, -0.2) is 23.6 Å². The molecule has 0 spiro atoms. The Labute approximate surface area is 90.7 Å². The van der Waals surface area contributed by atoms with Gasteiger partial charge in [-0.3, -0.25) is 0 Å². The summed E-state index contributed by atoms with van der Waals surface area (Å²) in [5.74, 6) is 1.88. The Morgan fingerprint density at radius 3 is 3.00 bits per heavy atom. The molecule has 1 N–H and O–H groups in total. The molecule has 3 atom stereocenters. The predicted molar refractivity (Wildman–Crippen MR) is 62.6 cm³/mol. The third-order valence-electron chi connectivity index (χ3n) is 4.29. The van der Waals surface area contributed by atoms with Crippen LogP contribution in [0.5, 0.6) is 0 Å². The molecule has 14 heavy (non-hydrogen) atoms. The van der Waals surface area contributed by atoms with E-state index in [4.69, 9.17) is 0 Å². The highest BCUT2D eigenvalue weighted by atomic mass is 32.2. The lowest BCUT2D eigenvalue weighted by Crippen LogP contribution is -2.50. The fraction of sp³-hybridized carbons (Fsp3) is 0.833. The van der Waals surface area contributed by atoms with Crippen molar-refractivity contribution < 1.29 is 0 Å². The minimum Gasteiger partial charge on any atom is -0.312 e. The second-order valence-corrected chi connectivity index (χ2v) is 6.39. The van der Waals surface area contributed by atoms with Gasteiger partial charge in [0.2, 0.25) is 0 Å². The van der Waals surface area contributed by atoms with Crippen LogP contribution >= 0.6 is 11.8 Å². The Hall–Kier alpha value is 0.0500. The van der Waals surface area contributed by atoms with Gasteiger partial charge >= 0.3 is 0 Å². The molecule has 2 saturated carbocycles. The molecule has 2 heteroatoms. The van der Waals surface area contributed by atoms with Crippen molar-refractivity contribution in [2.75, 3.05) is 12.8 Å². The third-order valence-corrected chi connectivity index (χ3v) is 5.71. The van der Waals surface area contributed by atoms with E-state index < -0.39 is 0 Å². The summed E-state index contributed by atoms with van der Waals surface area (Å²) in [6.07, 6.45) is 12.7. The zero-order chi connectivity index (χ0) is 9.60. The van der Waals surface area contributed by atoms with Crippen LogP contribution in [0.25, 0.3) is 0 Å². The van der Waals surface area contributed by atoms with Crippen molar-refractivity contribution >= 4 is 11.8 Å². The van der Waals surface area contributed by atoms with E-state index in [1.165, 1.54) is 32.2 Å². The SMILES string of the molecule is CSC1(CNC2CC3CC=CC32)CC1. The van der Waals surface area contributed by atoms with Crippen molar-refractivity contribution in [1.82, 2.24) is 5.32 Å². The molecule has 0 radical (unpaired) electrons. The fourth-order valence-corrected chi connectivity index (χ4v) is 3.60. The quantitative estimate of drug-likeness (QED) is 0.714. The molecule has 0 aliphatic heterocycles. The standard InChI is InChI=1S/C12H19NS/c1-14-12(5-6-12)8-13-11-7-9-3-2-4-10(9)11/h2,4,9-11,13H,3,5-8H2,1H3. The number of nitrogens with one attached hydrogen (secondary N) is 1. The number of allylic oxidation sites excluding steroid dienone is 1. The lowest BCUT2D eigenvalue weighted by molar-refractivity contribution is 0.163. The van der Waals surface area contributed by atoms with Crippen molar-refractivity contribution in [1.29, 1.82) is 0 Å². The molecule has 3 aliphatic rings. The summed E-state index contributed by atoms with van der Waals surface area (Å²) >= 11 is 2.06. The van der Waals surface area contributed by atoms with Gasteiger partial charge < -0.3 is 5.32 Å². The van der Waals surface area contributed by atoms with Gasteiger partial charge in [-0.15, -0.1) is 0 Å². The van der Waals surface area contributed by atoms with Gasteiger partial charge in [0.15, 0.2) is 0 Å². The maximum atomic E-state index is 3.77. The Bertz CT molecular complexity index is 257. The molecule has 3 rings (SSSR count). The fourth-order valence-electron chi connectivity index (χ4n) is 2.86. The Morgan fingerprint density at radius 1 is 1.50 bits per heavy atom. The molecule has 0 aromatic rings. The van der Waals surface area contributed by atoms with E-state index in [1.807, 2.05) is 0 Å². The monoisotopic (exact) mass is 209 g/mol. The number of thioether (sulfide) groups is 1. The summed E-state index contributed by atoms with van der Waals surface area (Å²) in [4.78, 5) is 0. The Kier molecular flexibility index (Phi) is 2.17. The second-order valence-electron chi connectivity index (χ2n) is 5.11.